The Balaban J connectivity index is 2.56. The molecular formula is C13H16N2O5S2. The van der Waals surface area contributed by atoms with Crippen molar-refractivity contribution in [2.75, 3.05) is 7.11 Å². The molecule has 0 atom stereocenters. The molecule has 0 saturated heterocycles. The first-order valence-electron chi connectivity index (χ1n) is 6.64. The van der Waals surface area contributed by atoms with Gasteiger partial charge in [0.2, 0.25) is 0 Å². The maximum atomic E-state index is 12.7. The van der Waals surface area contributed by atoms with E-state index in [1.165, 1.54) is 31.4 Å². The standard InChI is InChI=1S/C13H16N2O5S2/c1-20-10-4-6-11(7-5-10)22(18,19)12(15-14)13(21(16)17)8-2-3-9-13/h4-7,21H,2-3,8-9H2,1H3. The summed E-state index contributed by atoms with van der Waals surface area (Å²) < 4.78 is 52.0. The Kier molecular flexibility index (Phi) is 4.69. The van der Waals surface area contributed by atoms with Gasteiger partial charge in [0.25, 0.3) is 9.84 Å². The average Bonchev–Trinajstić information content (AvgIpc) is 2.98. The van der Waals surface area contributed by atoms with Crippen molar-refractivity contribution in [2.24, 2.45) is 0 Å². The molecule has 22 heavy (non-hydrogen) atoms. The summed E-state index contributed by atoms with van der Waals surface area (Å²) in [4.78, 5) is 2.73. The van der Waals surface area contributed by atoms with Crippen LogP contribution in [0.1, 0.15) is 25.7 Å². The summed E-state index contributed by atoms with van der Waals surface area (Å²) in [5.74, 6) is 0.465. The zero-order valence-corrected chi connectivity index (χ0v) is 13.6. The van der Waals surface area contributed by atoms with Crippen LogP contribution < -0.4 is 4.74 Å². The molecule has 1 aromatic carbocycles. The SMILES string of the molecule is COc1ccc(S(=O)(=O)C(=[N+]=[N-])C2([SH](=O)=O)CCCC2)cc1. The number of methoxy groups -OCH3 is 1. The Morgan fingerprint density at radius 2 is 1.77 bits per heavy atom. The second kappa shape index (κ2) is 6.20. The largest absolute Gasteiger partial charge is 0.497 e. The Labute approximate surface area is 130 Å². The molecule has 0 amide bonds. The summed E-state index contributed by atoms with van der Waals surface area (Å²) in [5, 5.41) is -0.696. The summed E-state index contributed by atoms with van der Waals surface area (Å²) in [6.07, 6.45) is 1.42. The molecule has 0 aromatic heterocycles. The van der Waals surface area contributed by atoms with E-state index < -0.39 is 30.3 Å². The molecule has 1 aliphatic rings. The molecule has 0 bridgehead atoms. The normalized spacial score (nSPS) is 17.2. The van der Waals surface area contributed by atoms with Crippen molar-refractivity contribution in [3.8, 4) is 5.75 Å². The van der Waals surface area contributed by atoms with E-state index in [-0.39, 0.29) is 17.7 Å². The molecule has 0 radical (unpaired) electrons. The van der Waals surface area contributed by atoms with Gasteiger partial charge in [0.05, 0.1) is 12.0 Å². The molecule has 1 fully saturated rings. The van der Waals surface area contributed by atoms with Crippen LogP contribution in [-0.2, 0) is 20.5 Å². The van der Waals surface area contributed by atoms with Crippen LogP contribution in [0.3, 0.4) is 0 Å². The molecule has 0 heterocycles. The van der Waals surface area contributed by atoms with Gasteiger partial charge in [-0.2, -0.15) is 4.79 Å². The highest BCUT2D eigenvalue weighted by Gasteiger charge is 2.55. The summed E-state index contributed by atoms with van der Waals surface area (Å²) in [6, 6.07) is 5.47. The van der Waals surface area contributed by atoms with Gasteiger partial charge in [0.15, 0.2) is 15.5 Å². The van der Waals surface area contributed by atoms with Crippen LogP contribution in [-0.4, -0.2) is 38.5 Å². The van der Waals surface area contributed by atoms with Crippen LogP contribution in [0.4, 0.5) is 0 Å². The summed E-state index contributed by atoms with van der Waals surface area (Å²) >= 11 is 0. The molecule has 2 rings (SSSR count). The summed E-state index contributed by atoms with van der Waals surface area (Å²) in [6.45, 7) is 0. The average molecular weight is 344 g/mol. The van der Waals surface area contributed by atoms with Gasteiger partial charge < -0.3 is 10.3 Å². The summed E-state index contributed by atoms with van der Waals surface area (Å²) in [5.41, 5.74) is 9.21. The van der Waals surface area contributed by atoms with Crippen molar-refractivity contribution in [1.82, 2.24) is 0 Å². The fourth-order valence-electron chi connectivity index (χ4n) is 2.70. The van der Waals surface area contributed by atoms with E-state index in [1.807, 2.05) is 0 Å². The predicted octanol–water partition coefficient (Wildman–Crippen LogP) is 1.02. The molecule has 0 N–H and O–H groups in total. The lowest BCUT2D eigenvalue weighted by Gasteiger charge is -2.16. The van der Waals surface area contributed by atoms with E-state index >= 15 is 0 Å². The van der Waals surface area contributed by atoms with Gasteiger partial charge in [-0.05, 0) is 37.1 Å². The summed E-state index contributed by atoms with van der Waals surface area (Å²) in [7, 11) is -5.85. The number of hydrogen-bond donors (Lipinski definition) is 1. The third-order valence-corrected chi connectivity index (χ3v) is 7.28. The highest BCUT2D eigenvalue weighted by atomic mass is 32.2. The van der Waals surface area contributed by atoms with Crippen molar-refractivity contribution < 1.29 is 26.4 Å². The zero-order valence-electron chi connectivity index (χ0n) is 11.9. The molecule has 9 heteroatoms. The molecule has 1 aromatic rings. The molecule has 7 nitrogen and oxygen atoms in total. The quantitative estimate of drug-likeness (QED) is 0.288. The number of thiol groups is 1. The van der Waals surface area contributed by atoms with E-state index in [2.05, 4.69) is 4.79 Å². The monoisotopic (exact) mass is 344 g/mol. The van der Waals surface area contributed by atoms with Crippen molar-refractivity contribution in [3.63, 3.8) is 0 Å². The van der Waals surface area contributed by atoms with E-state index in [4.69, 9.17) is 4.74 Å². The minimum absolute atomic E-state index is 0.135. The molecule has 0 spiro atoms. The van der Waals surface area contributed by atoms with Crippen LogP contribution in [0.25, 0.3) is 5.53 Å². The van der Waals surface area contributed by atoms with Crippen LogP contribution in [0.15, 0.2) is 29.2 Å². The van der Waals surface area contributed by atoms with E-state index in [0.29, 0.717) is 18.6 Å². The van der Waals surface area contributed by atoms with Crippen molar-refractivity contribution >= 4 is 25.6 Å². The first-order valence-corrected chi connectivity index (χ1v) is 9.31. The smallest absolute Gasteiger partial charge is 0.406 e. The van der Waals surface area contributed by atoms with Crippen LogP contribution in [0.5, 0.6) is 5.75 Å². The highest BCUT2D eigenvalue weighted by Crippen LogP contribution is 2.36. The van der Waals surface area contributed by atoms with Crippen LogP contribution >= 0.6 is 0 Å². The number of nitrogens with zero attached hydrogens (tertiary/aromatic N) is 2. The first kappa shape index (κ1) is 16.7. The number of rotatable bonds is 4. The van der Waals surface area contributed by atoms with Gasteiger partial charge >= 0.3 is 5.04 Å². The van der Waals surface area contributed by atoms with Gasteiger partial charge in [-0.25, -0.2) is 16.8 Å². The lowest BCUT2D eigenvalue weighted by Crippen LogP contribution is -2.43. The van der Waals surface area contributed by atoms with E-state index in [9.17, 15) is 22.4 Å². The Bertz CT molecular complexity index is 776. The number of benzene rings is 1. The number of sulfone groups is 1. The highest BCUT2D eigenvalue weighted by molar-refractivity contribution is 8.07. The van der Waals surface area contributed by atoms with Crippen molar-refractivity contribution in [3.05, 3.63) is 29.8 Å². The fourth-order valence-corrected chi connectivity index (χ4v) is 5.69. The third-order valence-electron chi connectivity index (χ3n) is 3.89. The lowest BCUT2D eigenvalue weighted by molar-refractivity contribution is -0.00601. The molecule has 0 aliphatic heterocycles. The number of hydrogen-bond acceptors (Lipinski definition) is 5. The van der Waals surface area contributed by atoms with Gasteiger partial charge in [-0.15, -0.1) is 0 Å². The van der Waals surface area contributed by atoms with Crippen molar-refractivity contribution in [1.29, 1.82) is 0 Å². The second-order valence-corrected chi connectivity index (χ2v) is 8.32. The number of ether oxygens (including phenoxy) is 1. The van der Waals surface area contributed by atoms with Gasteiger partial charge in [-0.1, -0.05) is 12.8 Å². The fraction of sp³-hybridized carbons (Fsp3) is 0.462. The Morgan fingerprint density at radius 3 is 2.18 bits per heavy atom. The molecule has 120 valence electrons. The Hall–Kier alpha value is -1.70. The van der Waals surface area contributed by atoms with Gasteiger partial charge in [0.1, 0.15) is 5.75 Å². The van der Waals surface area contributed by atoms with Crippen molar-refractivity contribution in [2.45, 2.75) is 35.3 Å². The first-order chi connectivity index (χ1) is 10.4. The molecule has 0 unspecified atom stereocenters. The Morgan fingerprint density at radius 1 is 1.23 bits per heavy atom. The predicted molar refractivity (Wildman–Crippen MR) is 80.3 cm³/mol. The van der Waals surface area contributed by atoms with E-state index in [1.54, 1.807) is 0 Å². The topological polar surface area (TPSA) is 114 Å². The zero-order chi connectivity index (χ0) is 16.4. The maximum Gasteiger partial charge on any atom is 0.406 e. The minimum Gasteiger partial charge on any atom is -0.497 e. The maximum absolute atomic E-state index is 12.7. The van der Waals surface area contributed by atoms with E-state index in [0.717, 1.165) is 0 Å². The van der Waals surface area contributed by atoms with Gasteiger partial charge in [-0.3, -0.25) is 0 Å². The molecule has 1 saturated carbocycles. The third kappa shape index (κ3) is 2.67. The lowest BCUT2D eigenvalue weighted by atomic mass is 10.1. The second-order valence-electron chi connectivity index (χ2n) is 5.08. The van der Waals surface area contributed by atoms with Crippen LogP contribution in [0, 0.1) is 0 Å². The molecule has 1 aliphatic carbocycles. The minimum atomic E-state index is -4.20. The molecular weight excluding hydrogens is 328 g/mol. The van der Waals surface area contributed by atoms with Crippen LogP contribution in [0.2, 0.25) is 0 Å². The van der Waals surface area contributed by atoms with Gasteiger partial charge in [0, 0.05) is 0 Å².